The molecule has 0 aliphatic carbocycles. The number of nitrogens with zero attached hydrogens (tertiary/aromatic N) is 4. The molecule has 1 N–H and O–H groups in total. The van der Waals surface area contributed by atoms with Crippen LogP contribution in [0.1, 0.15) is 32.5 Å². The lowest BCUT2D eigenvalue weighted by Gasteiger charge is -2.21. The molecule has 1 aromatic rings. The molecule has 0 radical (unpaired) electrons. The van der Waals surface area contributed by atoms with Crippen molar-refractivity contribution in [2.24, 2.45) is 10.9 Å². The Balaban J connectivity index is 1.92. The van der Waals surface area contributed by atoms with Gasteiger partial charge in [-0.3, -0.25) is 4.99 Å². The molecule has 0 saturated carbocycles. The Bertz CT molecular complexity index is 415. The predicted molar refractivity (Wildman–Crippen MR) is 78.1 cm³/mol. The first-order valence-corrected chi connectivity index (χ1v) is 7.16. The summed E-state index contributed by atoms with van der Waals surface area (Å²) in [6.45, 7) is 8.42. The van der Waals surface area contributed by atoms with Gasteiger partial charge in [-0.15, -0.1) is 0 Å². The lowest BCUT2D eigenvalue weighted by atomic mass is 10.2. The number of aromatic nitrogens is 2. The Morgan fingerprint density at radius 3 is 2.79 bits per heavy atom. The van der Waals surface area contributed by atoms with Crippen LogP contribution in [-0.2, 0) is 13.1 Å². The van der Waals surface area contributed by atoms with Gasteiger partial charge in [-0.05, 0) is 18.8 Å². The van der Waals surface area contributed by atoms with Gasteiger partial charge in [0.2, 0.25) is 0 Å². The van der Waals surface area contributed by atoms with Gasteiger partial charge in [0.1, 0.15) is 5.82 Å². The fraction of sp³-hybridized carbons (Fsp3) is 0.714. The molecule has 0 aromatic carbocycles. The molecular formula is C14H25N5. The number of guanidine groups is 1. The first-order valence-electron chi connectivity index (χ1n) is 7.16. The van der Waals surface area contributed by atoms with Gasteiger partial charge in [0.05, 0.1) is 6.54 Å². The van der Waals surface area contributed by atoms with Gasteiger partial charge in [0.25, 0.3) is 0 Å². The second kappa shape index (κ2) is 6.59. The lowest BCUT2D eigenvalue weighted by Crippen LogP contribution is -2.39. The Kier molecular flexibility index (Phi) is 4.82. The third kappa shape index (κ3) is 3.72. The minimum Gasteiger partial charge on any atom is -0.349 e. The molecule has 5 nitrogen and oxygen atoms in total. The molecule has 1 aliphatic heterocycles. The van der Waals surface area contributed by atoms with E-state index < -0.39 is 0 Å². The van der Waals surface area contributed by atoms with Gasteiger partial charge < -0.3 is 14.8 Å². The van der Waals surface area contributed by atoms with Crippen molar-refractivity contribution >= 4 is 5.96 Å². The number of nitrogens with one attached hydrogen (secondary N) is 1. The van der Waals surface area contributed by atoms with Gasteiger partial charge in [0.15, 0.2) is 5.96 Å². The van der Waals surface area contributed by atoms with Gasteiger partial charge in [-0.25, -0.2) is 4.98 Å². The first kappa shape index (κ1) is 13.9. The molecule has 0 spiro atoms. The van der Waals surface area contributed by atoms with Crippen LogP contribution >= 0.6 is 0 Å². The highest BCUT2D eigenvalue weighted by Gasteiger charge is 2.16. The van der Waals surface area contributed by atoms with Crippen molar-refractivity contribution in [3.8, 4) is 0 Å². The highest BCUT2D eigenvalue weighted by molar-refractivity contribution is 5.79. The van der Waals surface area contributed by atoms with E-state index >= 15 is 0 Å². The largest absolute Gasteiger partial charge is 0.349 e. The fourth-order valence-corrected chi connectivity index (χ4v) is 2.49. The minimum atomic E-state index is 0.630. The van der Waals surface area contributed by atoms with Crippen molar-refractivity contribution < 1.29 is 0 Å². The third-order valence-electron chi connectivity index (χ3n) is 3.39. The number of aliphatic imine (C=N–C) groups is 1. The van der Waals surface area contributed by atoms with Crippen molar-refractivity contribution in [1.82, 2.24) is 19.8 Å². The van der Waals surface area contributed by atoms with E-state index in [-0.39, 0.29) is 0 Å². The van der Waals surface area contributed by atoms with Crippen molar-refractivity contribution in [2.75, 3.05) is 20.1 Å². The summed E-state index contributed by atoms with van der Waals surface area (Å²) >= 11 is 0. The maximum absolute atomic E-state index is 4.43. The Hall–Kier alpha value is -1.52. The van der Waals surface area contributed by atoms with Crippen LogP contribution in [0.15, 0.2) is 17.4 Å². The van der Waals surface area contributed by atoms with Gasteiger partial charge >= 0.3 is 0 Å². The average molecular weight is 263 g/mol. The van der Waals surface area contributed by atoms with Crippen LogP contribution in [0.2, 0.25) is 0 Å². The molecule has 0 atom stereocenters. The lowest BCUT2D eigenvalue weighted by molar-refractivity contribution is 0.480. The van der Waals surface area contributed by atoms with Crippen molar-refractivity contribution in [1.29, 1.82) is 0 Å². The van der Waals surface area contributed by atoms with Crippen molar-refractivity contribution in [3.05, 3.63) is 18.2 Å². The fourth-order valence-electron chi connectivity index (χ4n) is 2.49. The topological polar surface area (TPSA) is 45.5 Å². The monoisotopic (exact) mass is 263 g/mol. The highest BCUT2D eigenvalue weighted by Crippen LogP contribution is 2.08. The molecule has 1 aromatic heterocycles. The molecule has 1 fully saturated rings. The summed E-state index contributed by atoms with van der Waals surface area (Å²) in [7, 11) is 1.85. The van der Waals surface area contributed by atoms with Crippen LogP contribution in [0, 0.1) is 5.92 Å². The molecule has 1 aliphatic rings. The Morgan fingerprint density at radius 2 is 2.16 bits per heavy atom. The van der Waals surface area contributed by atoms with E-state index in [4.69, 9.17) is 0 Å². The molecule has 0 bridgehead atoms. The zero-order chi connectivity index (χ0) is 13.7. The standard InChI is InChI=1S/C14H25N5/c1-12(2)11-19-9-6-16-13(19)10-17-14(15-3)18-7-4-5-8-18/h6,9,12H,4-5,7-8,10-11H2,1-3H3,(H,15,17). The van der Waals surface area contributed by atoms with Gasteiger partial charge in [-0.1, -0.05) is 13.8 Å². The summed E-state index contributed by atoms with van der Waals surface area (Å²) < 4.78 is 2.22. The molecule has 106 valence electrons. The quantitative estimate of drug-likeness (QED) is 0.664. The van der Waals surface area contributed by atoms with E-state index in [0.29, 0.717) is 5.92 Å². The molecule has 1 saturated heterocycles. The maximum Gasteiger partial charge on any atom is 0.194 e. The van der Waals surface area contributed by atoms with E-state index in [0.717, 1.165) is 38.0 Å². The smallest absolute Gasteiger partial charge is 0.194 e. The van der Waals surface area contributed by atoms with E-state index in [1.54, 1.807) is 0 Å². The van der Waals surface area contributed by atoms with Gasteiger partial charge in [0, 0.05) is 39.1 Å². The third-order valence-corrected chi connectivity index (χ3v) is 3.39. The van der Waals surface area contributed by atoms with E-state index in [9.17, 15) is 0 Å². The van der Waals surface area contributed by atoms with E-state index in [1.807, 2.05) is 13.2 Å². The molecule has 5 heteroatoms. The molecule has 0 unspecified atom stereocenters. The van der Waals surface area contributed by atoms with Crippen LogP contribution in [-0.4, -0.2) is 40.5 Å². The molecule has 2 rings (SSSR count). The van der Waals surface area contributed by atoms with E-state index in [2.05, 4.69) is 44.8 Å². The average Bonchev–Trinajstić information content (AvgIpc) is 3.01. The van der Waals surface area contributed by atoms with E-state index in [1.165, 1.54) is 12.8 Å². The summed E-state index contributed by atoms with van der Waals surface area (Å²) in [5.74, 6) is 2.71. The van der Waals surface area contributed by atoms with Crippen LogP contribution in [0.25, 0.3) is 0 Å². The zero-order valence-corrected chi connectivity index (χ0v) is 12.3. The van der Waals surface area contributed by atoms with Crippen LogP contribution in [0.4, 0.5) is 0 Å². The van der Waals surface area contributed by atoms with Crippen molar-refractivity contribution in [3.63, 3.8) is 0 Å². The van der Waals surface area contributed by atoms with Crippen LogP contribution < -0.4 is 5.32 Å². The number of hydrogen-bond donors (Lipinski definition) is 1. The summed E-state index contributed by atoms with van der Waals surface area (Å²) in [4.78, 5) is 11.1. The normalized spacial score (nSPS) is 16.4. The summed E-state index contributed by atoms with van der Waals surface area (Å²) in [6.07, 6.45) is 6.46. The minimum absolute atomic E-state index is 0.630. The summed E-state index contributed by atoms with van der Waals surface area (Å²) in [6, 6.07) is 0. The second-order valence-electron chi connectivity index (χ2n) is 5.48. The number of hydrogen-bond acceptors (Lipinski definition) is 2. The molecule has 19 heavy (non-hydrogen) atoms. The van der Waals surface area contributed by atoms with Gasteiger partial charge in [-0.2, -0.15) is 0 Å². The van der Waals surface area contributed by atoms with Crippen LogP contribution in [0.5, 0.6) is 0 Å². The first-order chi connectivity index (χ1) is 9.20. The van der Waals surface area contributed by atoms with Crippen molar-refractivity contribution in [2.45, 2.75) is 39.8 Å². The zero-order valence-electron chi connectivity index (χ0n) is 12.3. The Labute approximate surface area is 115 Å². The summed E-state index contributed by atoms with van der Waals surface area (Å²) in [5, 5.41) is 3.42. The summed E-state index contributed by atoms with van der Waals surface area (Å²) in [5.41, 5.74) is 0. The molecule has 0 amide bonds. The number of imidazole rings is 1. The maximum atomic E-state index is 4.43. The molecular weight excluding hydrogens is 238 g/mol. The van der Waals surface area contributed by atoms with Crippen LogP contribution in [0.3, 0.4) is 0 Å². The SMILES string of the molecule is CN=C(NCc1nccn1CC(C)C)N1CCCC1. The second-order valence-corrected chi connectivity index (χ2v) is 5.48. The highest BCUT2D eigenvalue weighted by atomic mass is 15.3. The predicted octanol–water partition coefficient (Wildman–Crippen LogP) is 1.71. The number of rotatable bonds is 4. The Morgan fingerprint density at radius 1 is 1.42 bits per heavy atom. The molecule has 2 heterocycles. The number of likely N-dealkylation sites (tertiary alicyclic amines) is 1.